The molecule has 0 unspecified atom stereocenters. The van der Waals surface area contributed by atoms with Crippen LogP contribution in [-0.2, 0) is 11.8 Å². The first-order valence-electron chi connectivity index (χ1n) is 11.1. The van der Waals surface area contributed by atoms with E-state index in [1.54, 1.807) is 0 Å². The number of fused-ring (bicyclic) bond motifs is 7. The van der Waals surface area contributed by atoms with Crippen LogP contribution in [-0.4, -0.2) is 0 Å². The Balaban J connectivity index is 1.74. The smallest absolute Gasteiger partial charge is 0.320 e. The van der Waals surface area contributed by atoms with Gasteiger partial charge in [-0.2, -0.15) is 0 Å². The van der Waals surface area contributed by atoms with Crippen LogP contribution in [0, 0.1) is 20.8 Å². The molecule has 1 aliphatic heterocycles. The van der Waals surface area contributed by atoms with E-state index in [9.17, 15) is 0 Å². The first-order chi connectivity index (χ1) is 15.9. The molecule has 0 N–H and O–H groups in total. The molecule has 0 radical (unpaired) electrons. The zero-order valence-corrected chi connectivity index (χ0v) is 20.5. The SMILES string of the molecule is Cc1cc(C)c(P2(=S)Oc3ccc4ccccc4c3-c3c(ccc4ccccc34)O2)c(C)c1. The standard InChI is InChI=1S/C29H23O2PS/c1-18-16-19(2)29(20(3)17-18)32(33)30-25-14-12-21-8-4-6-10-23(21)27(25)28-24-11-7-5-9-22(24)13-15-26(28)31-32/h4-17H,1-3H3. The molecule has 33 heavy (non-hydrogen) atoms. The van der Waals surface area contributed by atoms with Crippen molar-refractivity contribution in [2.45, 2.75) is 20.8 Å². The summed E-state index contributed by atoms with van der Waals surface area (Å²) in [4.78, 5) is 0. The van der Waals surface area contributed by atoms with Gasteiger partial charge in [-0.05, 0) is 77.4 Å². The molecule has 0 amide bonds. The average molecular weight is 467 g/mol. The summed E-state index contributed by atoms with van der Waals surface area (Å²) in [7, 11) is 0. The minimum atomic E-state index is -2.89. The van der Waals surface area contributed by atoms with E-state index in [-0.39, 0.29) is 0 Å². The van der Waals surface area contributed by atoms with Gasteiger partial charge in [0, 0.05) is 11.1 Å². The highest BCUT2D eigenvalue weighted by Crippen LogP contribution is 2.59. The molecule has 162 valence electrons. The fourth-order valence-electron chi connectivity index (χ4n) is 5.14. The Morgan fingerprint density at radius 1 is 0.606 bits per heavy atom. The van der Waals surface area contributed by atoms with Gasteiger partial charge in [-0.15, -0.1) is 0 Å². The van der Waals surface area contributed by atoms with Crippen molar-refractivity contribution in [2.24, 2.45) is 0 Å². The average Bonchev–Trinajstić information content (AvgIpc) is 2.92. The molecular formula is C29H23O2PS. The number of rotatable bonds is 1. The van der Waals surface area contributed by atoms with Gasteiger partial charge in [0.15, 0.2) is 0 Å². The van der Waals surface area contributed by atoms with Crippen molar-refractivity contribution < 1.29 is 9.05 Å². The van der Waals surface area contributed by atoms with Crippen molar-refractivity contribution in [2.75, 3.05) is 0 Å². The number of benzene rings is 5. The Kier molecular flexibility index (Phi) is 4.62. The molecule has 5 aromatic rings. The van der Waals surface area contributed by atoms with Crippen LogP contribution in [0.5, 0.6) is 11.5 Å². The molecule has 0 fully saturated rings. The van der Waals surface area contributed by atoms with Crippen LogP contribution in [0.1, 0.15) is 16.7 Å². The van der Waals surface area contributed by atoms with Gasteiger partial charge in [0.1, 0.15) is 11.5 Å². The molecule has 0 spiro atoms. The maximum Gasteiger partial charge on any atom is 0.320 e. The first kappa shape index (κ1) is 20.5. The monoisotopic (exact) mass is 466 g/mol. The number of hydrogen-bond donors (Lipinski definition) is 0. The molecule has 2 nitrogen and oxygen atoms in total. The molecule has 0 atom stereocenters. The molecule has 0 saturated heterocycles. The third-order valence-corrected chi connectivity index (χ3v) is 9.50. The number of aryl methyl sites for hydroxylation is 3. The molecule has 5 aromatic carbocycles. The molecule has 0 bridgehead atoms. The van der Waals surface area contributed by atoms with Crippen molar-refractivity contribution in [3.63, 3.8) is 0 Å². The van der Waals surface area contributed by atoms with Gasteiger partial charge in [0.2, 0.25) is 0 Å². The zero-order valence-electron chi connectivity index (χ0n) is 18.8. The highest BCUT2D eigenvalue weighted by Gasteiger charge is 2.35. The Bertz CT molecular complexity index is 1520. The van der Waals surface area contributed by atoms with Gasteiger partial charge in [-0.3, -0.25) is 0 Å². The van der Waals surface area contributed by atoms with Crippen LogP contribution >= 0.6 is 6.49 Å². The highest BCUT2D eigenvalue weighted by atomic mass is 32.5. The second kappa shape index (κ2) is 7.45. The van der Waals surface area contributed by atoms with E-state index in [2.05, 4.69) is 106 Å². The molecular weight excluding hydrogens is 443 g/mol. The van der Waals surface area contributed by atoms with Crippen molar-refractivity contribution in [1.82, 2.24) is 0 Å². The summed E-state index contributed by atoms with van der Waals surface area (Å²) in [5, 5.41) is 5.60. The lowest BCUT2D eigenvalue weighted by molar-refractivity contribution is 0.508. The molecule has 1 heterocycles. The lowest BCUT2D eigenvalue weighted by Crippen LogP contribution is -2.20. The maximum atomic E-state index is 6.78. The van der Waals surface area contributed by atoms with Crippen molar-refractivity contribution in [1.29, 1.82) is 0 Å². The molecule has 1 aliphatic rings. The quantitative estimate of drug-likeness (QED) is 0.233. The second-order valence-electron chi connectivity index (χ2n) is 8.75. The van der Waals surface area contributed by atoms with Crippen LogP contribution in [0.4, 0.5) is 0 Å². The van der Waals surface area contributed by atoms with Crippen LogP contribution < -0.4 is 14.4 Å². The summed E-state index contributed by atoms with van der Waals surface area (Å²) in [5.74, 6) is 1.57. The van der Waals surface area contributed by atoms with E-state index in [0.717, 1.165) is 60.6 Å². The lowest BCUT2D eigenvalue weighted by Gasteiger charge is -2.25. The maximum absolute atomic E-state index is 6.78. The van der Waals surface area contributed by atoms with E-state index in [1.807, 2.05) is 0 Å². The fraction of sp³-hybridized carbons (Fsp3) is 0.103. The molecule has 0 aliphatic carbocycles. The van der Waals surface area contributed by atoms with Gasteiger partial charge in [-0.1, -0.05) is 78.4 Å². The van der Waals surface area contributed by atoms with E-state index in [0.29, 0.717) is 0 Å². The predicted octanol–water partition coefficient (Wildman–Crippen LogP) is 7.99. The molecule has 6 rings (SSSR count). The van der Waals surface area contributed by atoms with Crippen LogP contribution in [0.3, 0.4) is 0 Å². The Hall–Kier alpha value is -3.13. The Morgan fingerprint density at radius 3 is 1.55 bits per heavy atom. The minimum Gasteiger partial charge on any atom is -0.432 e. The van der Waals surface area contributed by atoms with Gasteiger partial charge < -0.3 is 9.05 Å². The molecule has 0 aromatic heterocycles. The summed E-state index contributed by atoms with van der Waals surface area (Å²) in [5.41, 5.74) is 5.54. The van der Waals surface area contributed by atoms with E-state index < -0.39 is 6.49 Å². The topological polar surface area (TPSA) is 18.5 Å². The van der Waals surface area contributed by atoms with Crippen LogP contribution in [0.15, 0.2) is 84.9 Å². The van der Waals surface area contributed by atoms with E-state index >= 15 is 0 Å². The van der Waals surface area contributed by atoms with Gasteiger partial charge in [-0.25, -0.2) is 0 Å². The normalized spacial score (nSPS) is 14.2. The third kappa shape index (κ3) is 3.19. The summed E-state index contributed by atoms with van der Waals surface area (Å²) in [6.45, 7) is 3.42. The Labute approximate surface area is 199 Å². The van der Waals surface area contributed by atoms with Crippen LogP contribution in [0.2, 0.25) is 0 Å². The van der Waals surface area contributed by atoms with E-state index in [1.165, 1.54) is 5.56 Å². The van der Waals surface area contributed by atoms with Crippen LogP contribution in [0.25, 0.3) is 32.7 Å². The van der Waals surface area contributed by atoms with E-state index in [4.69, 9.17) is 20.9 Å². The third-order valence-electron chi connectivity index (χ3n) is 6.38. The minimum absolute atomic E-state index is 0.784. The van der Waals surface area contributed by atoms with Crippen molar-refractivity contribution >= 4 is 45.1 Å². The highest BCUT2D eigenvalue weighted by molar-refractivity contribution is 8.13. The zero-order chi connectivity index (χ0) is 22.7. The van der Waals surface area contributed by atoms with Gasteiger partial charge >= 0.3 is 6.49 Å². The molecule has 4 heteroatoms. The lowest BCUT2D eigenvalue weighted by atomic mass is 9.92. The predicted molar refractivity (Wildman–Crippen MR) is 143 cm³/mol. The van der Waals surface area contributed by atoms with Gasteiger partial charge in [0.25, 0.3) is 0 Å². The summed E-state index contributed by atoms with van der Waals surface area (Å²) < 4.78 is 13.6. The van der Waals surface area contributed by atoms with Crippen molar-refractivity contribution in [3.8, 4) is 22.6 Å². The van der Waals surface area contributed by atoms with Gasteiger partial charge in [0.05, 0.1) is 5.30 Å². The first-order valence-corrected chi connectivity index (χ1v) is 13.7. The number of hydrogen-bond acceptors (Lipinski definition) is 3. The second-order valence-corrected chi connectivity index (χ2v) is 12.0. The summed E-state index contributed by atoms with van der Waals surface area (Å²) in [6, 6.07) is 29.5. The Morgan fingerprint density at radius 2 is 1.06 bits per heavy atom. The summed E-state index contributed by atoms with van der Waals surface area (Å²) in [6.07, 6.45) is 0. The molecule has 0 saturated carbocycles. The largest absolute Gasteiger partial charge is 0.432 e. The van der Waals surface area contributed by atoms with Crippen molar-refractivity contribution in [3.05, 3.63) is 102 Å². The summed E-state index contributed by atoms with van der Waals surface area (Å²) >= 11 is 6.29. The fourth-order valence-corrected chi connectivity index (χ4v) is 8.53.